The highest BCUT2D eigenvalue weighted by Gasteiger charge is 2.48. The lowest BCUT2D eigenvalue weighted by molar-refractivity contribution is -0.132. The maximum Gasteiger partial charge on any atom is 0.301 e. The number of fused-ring (bicyclic) bond motifs is 1. The van der Waals surface area contributed by atoms with Crippen molar-refractivity contribution in [1.29, 1.82) is 0 Å². The number of carbonyl (C=O) groups excluding carboxylic acids is 2. The molecule has 9 heteroatoms. The van der Waals surface area contributed by atoms with Crippen molar-refractivity contribution in [3.05, 3.63) is 88.5 Å². The normalized spacial score (nSPS) is 16.9. The first-order valence-corrected chi connectivity index (χ1v) is 12.8. The third-order valence-electron chi connectivity index (χ3n) is 5.98. The molecule has 1 amide bonds. The van der Waals surface area contributed by atoms with Crippen molar-refractivity contribution in [1.82, 2.24) is 4.98 Å². The number of halogens is 1. The topological polar surface area (TPSA) is 89.0 Å². The van der Waals surface area contributed by atoms with Crippen LogP contribution in [0.1, 0.15) is 30.5 Å². The van der Waals surface area contributed by atoms with E-state index in [9.17, 15) is 14.7 Å². The highest BCUT2D eigenvalue weighted by Crippen LogP contribution is 2.45. The minimum atomic E-state index is -0.929. The van der Waals surface area contributed by atoms with Gasteiger partial charge in [0.15, 0.2) is 5.13 Å². The molecule has 1 atom stereocenters. The molecule has 1 saturated heterocycles. The quantitative estimate of drug-likeness (QED) is 0.168. The zero-order valence-electron chi connectivity index (χ0n) is 20.1. The second-order valence-corrected chi connectivity index (χ2v) is 9.88. The number of amides is 1. The van der Waals surface area contributed by atoms with Gasteiger partial charge < -0.3 is 14.6 Å². The SMILES string of the molecule is CCCOc1cccc(/C(O)=C2\C(=O)C(=O)N(c3nc4ccc(OC)cc4s3)C2c2cccc(Cl)c2)c1. The maximum atomic E-state index is 13.4. The molecule has 7 nitrogen and oxygen atoms in total. The summed E-state index contributed by atoms with van der Waals surface area (Å²) in [6.07, 6.45) is 0.824. The first-order valence-electron chi connectivity index (χ1n) is 11.7. The molecule has 0 radical (unpaired) electrons. The summed E-state index contributed by atoms with van der Waals surface area (Å²) in [7, 11) is 1.57. The maximum absolute atomic E-state index is 13.4. The minimum absolute atomic E-state index is 0.0447. The first-order chi connectivity index (χ1) is 17.9. The molecule has 4 aromatic rings. The number of ether oxygens (including phenoxy) is 2. The zero-order chi connectivity index (χ0) is 26.1. The number of nitrogens with zero attached hydrogens (tertiary/aromatic N) is 2. The second kappa shape index (κ2) is 10.2. The van der Waals surface area contributed by atoms with Gasteiger partial charge in [-0.15, -0.1) is 0 Å². The van der Waals surface area contributed by atoms with Crippen molar-refractivity contribution in [2.45, 2.75) is 19.4 Å². The van der Waals surface area contributed by atoms with Gasteiger partial charge in [0.25, 0.3) is 5.78 Å². The molecular formula is C28H23ClN2O5S. The number of rotatable bonds is 7. The third-order valence-corrected chi connectivity index (χ3v) is 7.23. The molecule has 0 aliphatic carbocycles. The van der Waals surface area contributed by atoms with Crippen molar-refractivity contribution in [2.24, 2.45) is 0 Å². The Bertz CT molecular complexity index is 1550. The Balaban J connectivity index is 1.68. The van der Waals surface area contributed by atoms with E-state index in [1.54, 1.807) is 67.8 Å². The third kappa shape index (κ3) is 4.65. The van der Waals surface area contributed by atoms with Crippen molar-refractivity contribution in [3.63, 3.8) is 0 Å². The summed E-state index contributed by atoms with van der Waals surface area (Å²) in [4.78, 5) is 32.8. The van der Waals surface area contributed by atoms with Crippen LogP contribution in [-0.2, 0) is 9.59 Å². The van der Waals surface area contributed by atoms with Crippen LogP contribution in [0.25, 0.3) is 16.0 Å². The number of Topliss-reactive ketones (excluding diaryl/α,β-unsaturated/α-hetero) is 1. The number of aliphatic hydroxyl groups is 1. The summed E-state index contributed by atoms with van der Waals surface area (Å²) in [5.74, 6) is -0.674. The number of aliphatic hydroxyl groups excluding tert-OH is 1. The number of ketones is 1. The van der Waals surface area contributed by atoms with E-state index in [1.165, 1.54) is 16.2 Å². The van der Waals surface area contributed by atoms with Gasteiger partial charge in [-0.05, 0) is 54.4 Å². The molecule has 188 valence electrons. The number of carbonyl (C=O) groups is 2. The molecule has 0 spiro atoms. The van der Waals surface area contributed by atoms with Crippen molar-refractivity contribution < 1.29 is 24.2 Å². The van der Waals surface area contributed by atoms with Crippen LogP contribution in [0.5, 0.6) is 11.5 Å². The molecule has 1 N–H and O–H groups in total. The second-order valence-electron chi connectivity index (χ2n) is 8.43. The lowest BCUT2D eigenvalue weighted by atomic mass is 9.95. The summed E-state index contributed by atoms with van der Waals surface area (Å²) in [5, 5.41) is 12.2. The number of aromatic nitrogens is 1. The lowest BCUT2D eigenvalue weighted by Gasteiger charge is -2.23. The van der Waals surface area contributed by atoms with E-state index in [4.69, 9.17) is 21.1 Å². The van der Waals surface area contributed by atoms with Gasteiger partial charge in [-0.25, -0.2) is 4.98 Å². The van der Waals surface area contributed by atoms with E-state index >= 15 is 0 Å². The largest absolute Gasteiger partial charge is 0.507 e. The van der Waals surface area contributed by atoms with Gasteiger partial charge >= 0.3 is 5.91 Å². The Kier molecular flexibility index (Phi) is 6.86. The number of hydrogen-bond donors (Lipinski definition) is 1. The van der Waals surface area contributed by atoms with Crippen LogP contribution in [0.3, 0.4) is 0 Å². The average Bonchev–Trinajstić information content (AvgIpc) is 3.44. The molecule has 1 aromatic heterocycles. The van der Waals surface area contributed by atoms with E-state index < -0.39 is 17.7 Å². The molecule has 1 unspecified atom stereocenters. The molecule has 0 bridgehead atoms. The van der Waals surface area contributed by atoms with Gasteiger partial charge in [0.2, 0.25) is 0 Å². The molecule has 37 heavy (non-hydrogen) atoms. The van der Waals surface area contributed by atoms with Crippen LogP contribution < -0.4 is 14.4 Å². The zero-order valence-corrected chi connectivity index (χ0v) is 21.7. The fourth-order valence-corrected chi connectivity index (χ4v) is 5.47. The van der Waals surface area contributed by atoms with Crippen molar-refractivity contribution in [2.75, 3.05) is 18.6 Å². The fraction of sp³-hybridized carbons (Fsp3) is 0.179. The van der Waals surface area contributed by atoms with Gasteiger partial charge in [0.1, 0.15) is 17.3 Å². The van der Waals surface area contributed by atoms with Crippen LogP contribution in [0, 0.1) is 0 Å². The van der Waals surface area contributed by atoms with Gasteiger partial charge in [0.05, 0.1) is 35.5 Å². The predicted octanol–water partition coefficient (Wildman–Crippen LogP) is 6.37. The Hall–Kier alpha value is -3.88. The van der Waals surface area contributed by atoms with Crippen LogP contribution in [0.4, 0.5) is 5.13 Å². The van der Waals surface area contributed by atoms with Crippen LogP contribution in [0.15, 0.2) is 72.3 Å². The number of methoxy groups -OCH3 is 1. The highest BCUT2D eigenvalue weighted by molar-refractivity contribution is 7.22. The van der Waals surface area contributed by atoms with Gasteiger partial charge in [-0.1, -0.05) is 54.1 Å². The smallest absolute Gasteiger partial charge is 0.301 e. The molecule has 5 rings (SSSR count). The standard InChI is InChI=1S/C28H23ClN2O5S/c1-3-12-36-20-9-5-7-17(14-20)25(32)23-24(16-6-4-8-18(29)13-16)31(27(34)26(23)33)28-30-21-11-10-19(35-2)15-22(21)37-28/h4-11,13-15,24,32H,3,12H2,1-2H3/b25-23+. The lowest BCUT2D eigenvalue weighted by Crippen LogP contribution is -2.29. The highest BCUT2D eigenvalue weighted by atomic mass is 35.5. The summed E-state index contributed by atoms with van der Waals surface area (Å²) in [6.45, 7) is 2.51. The molecule has 3 aromatic carbocycles. The van der Waals surface area contributed by atoms with Crippen molar-refractivity contribution in [3.8, 4) is 11.5 Å². The first kappa shape index (κ1) is 24.8. The van der Waals surface area contributed by atoms with Gasteiger partial charge in [0, 0.05) is 10.6 Å². The van der Waals surface area contributed by atoms with E-state index in [1.807, 2.05) is 13.0 Å². The molecule has 1 aliphatic rings. The summed E-state index contributed by atoms with van der Waals surface area (Å²) < 4.78 is 11.8. The average molecular weight is 535 g/mol. The Morgan fingerprint density at radius 3 is 2.65 bits per heavy atom. The molecular weight excluding hydrogens is 512 g/mol. The Morgan fingerprint density at radius 2 is 1.89 bits per heavy atom. The Morgan fingerprint density at radius 1 is 1.08 bits per heavy atom. The van der Waals surface area contributed by atoms with E-state index in [0.29, 0.717) is 44.9 Å². The Labute approximate surface area is 222 Å². The van der Waals surface area contributed by atoms with Gasteiger partial charge in [-0.2, -0.15) is 0 Å². The summed E-state index contributed by atoms with van der Waals surface area (Å²) in [6, 6.07) is 18.2. The number of thiazole rings is 1. The molecule has 2 heterocycles. The predicted molar refractivity (Wildman–Crippen MR) is 145 cm³/mol. The minimum Gasteiger partial charge on any atom is -0.507 e. The molecule has 0 saturated carbocycles. The van der Waals surface area contributed by atoms with E-state index in [-0.39, 0.29) is 11.3 Å². The number of anilines is 1. The molecule has 1 fully saturated rings. The van der Waals surface area contributed by atoms with Crippen LogP contribution in [-0.4, -0.2) is 35.5 Å². The van der Waals surface area contributed by atoms with E-state index in [2.05, 4.69) is 4.98 Å². The summed E-state index contributed by atoms with van der Waals surface area (Å²) in [5.41, 5.74) is 1.56. The van der Waals surface area contributed by atoms with Gasteiger partial charge in [-0.3, -0.25) is 14.5 Å². The molecule has 1 aliphatic heterocycles. The fourth-order valence-electron chi connectivity index (χ4n) is 4.25. The monoisotopic (exact) mass is 534 g/mol. The van der Waals surface area contributed by atoms with E-state index in [0.717, 1.165) is 11.1 Å². The number of benzene rings is 3. The number of hydrogen-bond acceptors (Lipinski definition) is 7. The van der Waals surface area contributed by atoms with Crippen molar-refractivity contribution >= 4 is 55.7 Å². The van der Waals surface area contributed by atoms with Crippen LogP contribution >= 0.6 is 22.9 Å². The summed E-state index contributed by atoms with van der Waals surface area (Å²) >= 11 is 7.55. The van der Waals surface area contributed by atoms with Crippen LogP contribution in [0.2, 0.25) is 5.02 Å².